The molecule has 2 aromatic carbocycles. The van der Waals surface area contributed by atoms with Crippen molar-refractivity contribution >= 4 is 27.4 Å². The smallest absolute Gasteiger partial charge is 0.472 e. The van der Waals surface area contributed by atoms with Crippen molar-refractivity contribution in [2.45, 2.75) is 11.1 Å². The molecule has 11 heteroatoms. The number of carboxylic acid groups (broad SMARTS) is 1. The van der Waals surface area contributed by atoms with E-state index in [-0.39, 0.29) is 21.4 Å². The first-order valence-electron chi connectivity index (χ1n) is 7.13. The molecule has 0 atom stereocenters. The van der Waals surface area contributed by atoms with Crippen molar-refractivity contribution in [3.05, 3.63) is 47.0 Å². The Kier molecular flexibility index (Phi) is 5.91. The number of hydrogen-bond donors (Lipinski definition) is 1. The topological polar surface area (TPSA) is 94.2 Å². The zero-order chi connectivity index (χ0) is 20.4. The predicted octanol–water partition coefficient (Wildman–Crippen LogP) is 3.99. The average Bonchev–Trinajstić information content (AvgIpc) is 2.53. The van der Waals surface area contributed by atoms with Gasteiger partial charge in [-0.3, -0.25) is 0 Å². The van der Waals surface area contributed by atoms with Crippen molar-refractivity contribution in [1.29, 1.82) is 0 Å². The largest absolute Gasteiger partial charge is 0.519 e. The van der Waals surface area contributed by atoms with Gasteiger partial charge in [0.15, 0.2) is 21.3 Å². The van der Waals surface area contributed by atoms with Gasteiger partial charge in [0, 0.05) is 6.26 Å². The van der Waals surface area contributed by atoms with E-state index in [4.69, 9.17) is 31.0 Å². The molecule has 2 aromatic rings. The predicted molar refractivity (Wildman–Crippen MR) is 91.1 cm³/mol. The molecule has 6 nitrogen and oxygen atoms in total. The Bertz CT molecular complexity index is 973. The molecule has 0 bridgehead atoms. The Labute approximate surface area is 157 Å². The van der Waals surface area contributed by atoms with Crippen molar-refractivity contribution in [3.8, 4) is 17.2 Å². The van der Waals surface area contributed by atoms with Crippen molar-refractivity contribution in [1.82, 2.24) is 0 Å². The summed E-state index contributed by atoms with van der Waals surface area (Å²) in [5, 5.41) is 8.62. The number of halogens is 4. The number of aliphatic carboxylic acids is 1. The summed E-state index contributed by atoms with van der Waals surface area (Å²) >= 11 is 5.96. The van der Waals surface area contributed by atoms with Crippen LogP contribution in [-0.2, 0) is 16.0 Å². The van der Waals surface area contributed by atoms with E-state index in [2.05, 4.69) is 0 Å². The van der Waals surface area contributed by atoms with Gasteiger partial charge in [0.25, 0.3) is 0 Å². The second kappa shape index (κ2) is 7.65. The van der Waals surface area contributed by atoms with Crippen molar-refractivity contribution in [3.63, 3.8) is 0 Å². The molecule has 27 heavy (non-hydrogen) atoms. The Morgan fingerprint density at radius 3 is 2.30 bits per heavy atom. The highest BCUT2D eigenvalue weighted by molar-refractivity contribution is 7.90. The maximum absolute atomic E-state index is 12.9. The van der Waals surface area contributed by atoms with Gasteiger partial charge in [0.2, 0.25) is 6.61 Å². The number of hydrogen-bond acceptors (Lipinski definition) is 4. The molecule has 0 saturated carbocycles. The molecule has 0 aliphatic carbocycles. The van der Waals surface area contributed by atoms with Gasteiger partial charge in [-0.2, -0.15) is 13.2 Å². The first-order chi connectivity index (χ1) is 12.4. The van der Waals surface area contributed by atoms with E-state index < -0.39 is 39.9 Å². The Morgan fingerprint density at radius 1 is 1.15 bits per heavy atom. The van der Waals surface area contributed by atoms with Gasteiger partial charge in [0.1, 0.15) is 5.75 Å². The van der Waals surface area contributed by atoms with E-state index in [0.29, 0.717) is 6.07 Å². The SMILES string of the molecule is CS(=O)(=O)c1ccc(Oc2cc(C(F)(F)F)ccc2OCC(O)=[OH+])c(Cl)c1. The lowest BCUT2D eigenvalue weighted by atomic mass is 10.2. The Balaban J connectivity index is 2.44. The van der Waals surface area contributed by atoms with E-state index in [1.165, 1.54) is 12.1 Å². The molecule has 0 fully saturated rings. The van der Waals surface area contributed by atoms with Crippen molar-refractivity contribution < 1.29 is 41.0 Å². The molecule has 2 rings (SSSR count). The molecule has 0 saturated heterocycles. The normalized spacial score (nSPS) is 11.9. The highest BCUT2D eigenvalue weighted by atomic mass is 35.5. The number of aliphatic hydroxyl groups excluding tert-OH is 1. The van der Waals surface area contributed by atoms with E-state index in [9.17, 15) is 21.6 Å². The third-order valence-electron chi connectivity index (χ3n) is 3.18. The van der Waals surface area contributed by atoms with Crippen LogP contribution in [0.5, 0.6) is 17.2 Å². The average molecular weight is 426 g/mol. The van der Waals surface area contributed by atoms with Crippen molar-refractivity contribution in [2.24, 2.45) is 0 Å². The van der Waals surface area contributed by atoms with Gasteiger partial charge in [0.05, 0.1) is 15.5 Å². The number of benzene rings is 2. The summed E-state index contributed by atoms with van der Waals surface area (Å²) in [7, 11) is -3.54. The maximum Gasteiger partial charge on any atom is 0.519 e. The standard InChI is InChI=1S/C16H12ClF3O6S/c1-27(23,24)10-3-5-12(11(17)7-10)26-14-6-9(16(18,19)20)2-4-13(14)25-8-15(21)22/h2-7H,8H2,1H3,(H,21,22)/p+1. The summed E-state index contributed by atoms with van der Waals surface area (Å²) in [4.78, 5) is 8.68. The lowest BCUT2D eigenvalue weighted by Crippen LogP contribution is -2.11. The van der Waals surface area contributed by atoms with Gasteiger partial charge in [-0.1, -0.05) is 11.6 Å². The van der Waals surface area contributed by atoms with Crippen molar-refractivity contribution in [2.75, 3.05) is 12.9 Å². The number of ether oxygens (including phenoxy) is 2. The molecule has 2 N–H and O–H groups in total. The molecule has 0 radical (unpaired) electrons. The second-order valence-corrected chi connectivity index (χ2v) is 7.75. The van der Waals surface area contributed by atoms with Gasteiger partial charge >= 0.3 is 12.1 Å². The van der Waals surface area contributed by atoms with Crippen LogP contribution in [0.3, 0.4) is 0 Å². The zero-order valence-electron chi connectivity index (χ0n) is 13.6. The Morgan fingerprint density at radius 2 is 1.78 bits per heavy atom. The quantitative estimate of drug-likeness (QED) is 0.706. The van der Waals surface area contributed by atoms with Gasteiger partial charge in [-0.15, -0.1) is 0 Å². The van der Waals surface area contributed by atoms with Gasteiger partial charge in [-0.05, 0) is 36.4 Å². The van der Waals surface area contributed by atoms with Crippen LogP contribution in [0, 0.1) is 0 Å². The van der Waals surface area contributed by atoms with E-state index in [1.54, 1.807) is 0 Å². The number of sulfone groups is 1. The summed E-state index contributed by atoms with van der Waals surface area (Å²) < 4.78 is 72.2. The minimum absolute atomic E-state index is 0.0971. The molecule has 0 aliphatic heterocycles. The molecule has 0 spiro atoms. The molecule has 0 unspecified atom stereocenters. The van der Waals surface area contributed by atoms with E-state index in [1.807, 2.05) is 0 Å². The maximum atomic E-state index is 12.9. The fourth-order valence-corrected chi connectivity index (χ4v) is 2.87. The fourth-order valence-electron chi connectivity index (χ4n) is 1.94. The monoisotopic (exact) mass is 425 g/mol. The number of rotatable bonds is 6. The highest BCUT2D eigenvalue weighted by Gasteiger charge is 2.32. The van der Waals surface area contributed by atoms with E-state index in [0.717, 1.165) is 24.5 Å². The molecular weight excluding hydrogens is 413 g/mol. The van der Waals surface area contributed by atoms with Crippen LogP contribution in [-0.4, -0.2) is 37.2 Å². The number of carboxylic acids is 1. The van der Waals surface area contributed by atoms with Gasteiger partial charge < -0.3 is 19.4 Å². The first-order valence-corrected chi connectivity index (χ1v) is 9.40. The summed E-state index contributed by atoms with van der Waals surface area (Å²) in [6, 6.07) is 5.76. The molecular formula is C16H13ClF3O6S+. The highest BCUT2D eigenvalue weighted by Crippen LogP contribution is 2.40. The van der Waals surface area contributed by atoms with Crippen LogP contribution in [0.1, 0.15) is 5.56 Å². The lowest BCUT2D eigenvalue weighted by molar-refractivity contribution is -0.137. The molecule has 0 amide bonds. The fraction of sp³-hybridized carbons (Fsp3) is 0.188. The molecule has 146 valence electrons. The third kappa shape index (κ3) is 5.51. The van der Waals surface area contributed by atoms with Crippen LogP contribution < -0.4 is 9.47 Å². The zero-order valence-corrected chi connectivity index (χ0v) is 15.2. The summed E-state index contributed by atoms with van der Waals surface area (Å²) in [5.41, 5.74) is -1.04. The van der Waals surface area contributed by atoms with Crippen LogP contribution in [0.4, 0.5) is 13.2 Å². The molecule has 0 aromatic heterocycles. The van der Waals surface area contributed by atoms with Crippen LogP contribution in [0.2, 0.25) is 5.02 Å². The van der Waals surface area contributed by atoms with Crippen LogP contribution >= 0.6 is 11.6 Å². The van der Waals surface area contributed by atoms with Gasteiger partial charge in [-0.25, -0.2) is 8.42 Å². The minimum atomic E-state index is -4.66. The minimum Gasteiger partial charge on any atom is -0.472 e. The number of alkyl halides is 3. The summed E-state index contributed by atoms with van der Waals surface area (Å²) in [6.45, 7) is -0.692. The van der Waals surface area contributed by atoms with E-state index >= 15 is 0 Å². The van der Waals surface area contributed by atoms with Crippen LogP contribution in [0.15, 0.2) is 41.3 Å². The molecule has 0 aliphatic rings. The van der Waals surface area contributed by atoms with Crippen LogP contribution in [0.25, 0.3) is 0 Å². The first kappa shape index (κ1) is 20.8. The summed E-state index contributed by atoms with van der Waals surface area (Å²) in [5.74, 6) is -1.83. The third-order valence-corrected chi connectivity index (χ3v) is 4.58. The Hall–Kier alpha value is -2.46. The molecule has 0 heterocycles. The lowest BCUT2D eigenvalue weighted by Gasteiger charge is -2.15. The second-order valence-electron chi connectivity index (χ2n) is 5.33. The summed E-state index contributed by atoms with van der Waals surface area (Å²) in [6.07, 6.45) is -3.69.